The maximum Gasteiger partial charge on any atom is 0.224 e. The van der Waals surface area contributed by atoms with Gasteiger partial charge in [0.25, 0.3) is 0 Å². The molecule has 0 radical (unpaired) electrons. The number of anilines is 1. The van der Waals surface area contributed by atoms with Crippen LogP contribution >= 0.6 is 11.8 Å². The van der Waals surface area contributed by atoms with Gasteiger partial charge in [-0.15, -0.1) is 0 Å². The van der Waals surface area contributed by atoms with Gasteiger partial charge in [0, 0.05) is 18.0 Å². The Kier molecular flexibility index (Phi) is 4.20. The molecule has 14 heavy (non-hydrogen) atoms. The molecule has 0 unspecified atom stereocenters. The van der Waals surface area contributed by atoms with E-state index in [-0.39, 0.29) is 0 Å². The number of nitrogens with one attached hydrogen (secondary N) is 1. The Balaban J connectivity index is 2.68. The van der Waals surface area contributed by atoms with E-state index in [1.54, 1.807) is 17.8 Å². The Morgan fingerprint density at radius 1 is 1.57 bits per heavy atom. The van der Waals surface area contributed by atoms with Crippen LogP contribution in [-0.2, 0) is 0 Å². The van der Waals surface area contributed by atoms with Gasteiger partial charge >= 0.3 is 0 Å². The summed E-state index contributed by atoms with van der Waals surface area (Å²) in [5.41, 5.74) is 1.22. The third-order valence-electron chi connectivity index (χ3n) is 1.56. The van der Waals surface area contributed by atoms with Crippen molar-refractivity contribution in [1.29, 1.82) is 5.26 Å². The molecule has 0 aliphatic carbocycles. The minimum absolute atomic E-state index is 0.407. The molecule has 1 aromatic heterocycles. The SMILES string of the molecule is CSCCNc1nc(C)cc(C#N)n1. The first-order valence-corrected chi connectivity index (χ1v) is 5.64. The molecule has 0 bridgehead atoms. The predicted molar refractivity (Wildman–Crippen MR) is 58.4 cm³/mol. The fourth-order valence-corrected chi connectivity index (χ4v) is 1.28. The summed E-state index contributed by atoms with van der Waals surface area (Å²) in [4.78, 5) is 8.20. The summed E-state index contributed by atoms with van der Waals surface area (Å²) in [5, 5.41) is 11.8. The third-order valence-corrected chi connectivity index (χ3v) is 2.17. The maximum atomic E-state index is 8.69. The molecule has 0 atom stereocenters. The lowest BCUT2D eigenvalue weighted by molar-refractivity contribution is 1.04. The maximum absolute atomic E-state index is 8.69. The number of aromatic nitrogens is 2. The first-order valence-electron chi connectivity index (χ1n) is 4.25. The van der Waals surface area contributed by atoms with Gasteiger partial charge in [-0.2, -0.15) is 17.0 Å². The average molecular weight is 208 g/mol. The number of nitriles is 1. The lowest BCUT2D eigenvalue weighted by atomic mass is 10.3. The van der Waals surface area contributed by atoms with Crippen molar-refractivity contribution in [3.63, 3.8) is 0 Å². The number of hydrogen-bond acceptors (Lipinski definition) is 5. The van der Waals surface area contributed by atoms with Crippen molar-refractivity contribution in [3.05, 3.63) is 17.5 Å². The molecule has 0 aliphatic heterocycles. The van der Waals surface area contributed by atoms with Crippen molar-refractivity contribution >= 4 is 17.7 Å². The Bertz CT molecular complexity index is 345. The summed E-state index contributed by atoms with van der Waals surface area (Å²) >= 11 is 1.75. The van der Waals surface area contributed by atoms with Crippen molar-refractivity contribution < 1.29 is 0 Å². The Morgan fingerprint density at radius 2 is 2.36 bits per heavy atom. The summed E-state index contributed by atoms with van der Waals surface area (Å²) in [7, 11) is 0. The second-order valence-electron chi connectivity index (χ2n) is 2.75. The largest absolute Gasteiger partial charge is 0.353 e. The minimum Gasteiger partial charge on any atom is -0.353 e. The third kappa shape index (κ3) is 3.23. The number of aryl methyl sites for hydroxylation is 1. The van der Waals surface area contributed by atoms with E-state index in [0.717, 1.165) is 18.0 Å². The molecule has 0 spiro atoms. The normalized spacial score (nSPS) is 9.50. The molecule has 0 amide bonds. The van der Waals surface area contributed by atoms with Crippen molar-refractivity contribution in [3.8, 4) is 6.07 Å². The van der Waals surface area contributed by atoms with Crippen molar-refractivity contribution in [1.82, 2.24) is 9.97 Å². The van der Waals surface area contributed by atoms with E-state index in [4.69, 9.17) is 5.26 Å². The van der Waals surface area contributed by atoms with Gasteiger partial charge in [-0.25, -0.2) is 9.97 Å². The quantitative estimate of drug-likeness (QED) is 0.758. The van der Waals surface area contributed by atoms with E-state index in [0.29, 0.717) is 11.6 Å². The van der Waals surface area contributed by atoms with Crippen LogP contribution in [0.4, 0.5) is 5.95 Å². The molecule has 0 fully saturated rings. The van der Waals surface area contributed by atoms with Gasteiger partial charge in [0.15, 0.2) is 0 Å². The van der Waals surface area contributed by atoms with E-state index in [1.807, 2.05) is 19.2 Å². The average Bonchev–Trinajstić information content (AvgIpc) is 2.17. The summed E-state index contributed by atoms with van der Waals surface area (Å²) in [6.07, 6.45) is 2.04. The highest BCUT2D eigenvalue weighted by atomic mass is 32.2. The molecule has 1 N–H and O–H groups in total. The number of hydrogen-bond donors (Lipinski definition) is 1. The monoisotopic (exact) mass is 208 g/mol. The summed E-state index contributed by atoms with van der Waals surface area (Å²) in [6.45, 7) is 2.66. The zero-order valence-corrected chi connectivity index (χ0v) is 9.06. The van der Waals surface area contributed by atoms with E-state index < -0.39 is 0 Å². The van der Waals surface area contributed by atoms with Crippen molar-refractivity contribution in [2.75, 3.05) is 23.9 Å². The molecule has 74 valence electrons. The summed E-state index contributed by atoms with van der Waals surface area (Å²) < 4.78 is 0. The second-order valence-corrected chi connectivity index (χ2v) is 3.74. The molecule has 0 saturated heterocycles. The number of rotatable bonds is 4. The van der Waals surface area contributed by atoms with Crippen LogP contribution in [0.3, 0.4) is 0 Å². The summed E-state index contributed by atoms with van der Waals surface area (Å²) in [6, 6.07) is 3.67. The minimum atomic E-state index is 0.407. The highest BCUT2D eigenvalue weighted by molar-refractivity contribution is 7.98. The molecule has 5 heteroatoms. The zero-order chi connectivity index (χ0) is 10.4. The van der Waals surface area contributed by atoms with Crippen LogP contribution in [0.25, 0.3) is 0 Å². The molecule has 1 rings (SSSR count). The Hall–Kier alpha value is -1.28. The Labute approximate surface area is 87.8 Å². The van der Waals surface area contributed by atoms with Crippen LogP contribution in [0, 0.1) is 18.3 Å². The van der Waals surface area contributed by atoms with Crippen LogP contribution in [0.2, 0.25) is 0 Å². The van der Waals surface area contributed by atoms with Crippen LogP contribution in [0.15, 0.2) is 6.07 Å². The van der Waals surface area contributed by atoms with Gasteiger partial charge in [0.05, 0.1) is 0 Å². The number of nitrogens with zero attached hydrogens (tertiary/aromatic N) is 3. The molecular formula is C9H12N4S. The van der Waals surface area contributed by atoms with Gasteiger partial charge in [0.2, 0.25) is 5.95 Å². The number of thioether (sulfide) groups is 1. The highest BCUT2D eigenvalue weighted by Crippen LogP contribution is 2.03. The van der Waals surface area contributed by atoms with E-state index in [9.17, 15) is 0 Å². The second kappa shape index (κ2) is 5.45. The first-order chi connectivity index (χ1) is 6.76. The predicted octanol–water partition coefficient (Wildman–Crippen LogP) is 1.43. The molecular weight excluding hydrogens is 196 g/mol. The van der Waals surface area contributed by atoms with Crippen LogP contribution < -0.4 is 5.32 Å². The lowest BCUT2D eigenvalue weighted by Crippen LogP contribution is -2.08. The van der Waals surface area contributed by atoms with Crippen molar-refractivity contribution in [2.24, 2.45) is 0 Å². The standard InChI is InChI=1S/C9H12N4S/c1-7-5-8(6-10)13-9(12-7)11-3-4-14-2/h5H,3-4H2,1-2H3,(H,11,12,13). The van der Waals surface area contributed by atoms with E-state index in [2.05, 4.69) is 15.3 Å². The van der Waals surface area contributed by atoms with E-state index in [1.165, 1.54) is 0 Å². The van der Waals surface area contributed by atoms with Gasteiger partial charge < -0.3 is 5.32 Å². The zero-order valence-electron chi connectivity index (χ0n) is 8.24. The summed E-state index contributed by atoms with van der Waals surface area (Å²) in [5.74, 6) is 1.54. The van der Waals surface area contributed by atoms with Crippen molar-refractivity contribution in [2.45, 2.75) is 6.92 Å². The smallest absolute Gasteiger partial charge is 0.224 e. The topological polar surface area (TPSA) is 61.6 Å². The fraction of sp³-hybridized carbons (Fsp3) is 0.444. The van der Waals surface area contributed by atoms with Gasteiger partial charge in [-0.1, -0.05) is 0 Å². The molecule has 4 nitrogen and oxygen atoms in total. The molecule has 0 aliphatic rings. The van der Waals surface area contributed by atoms with Gasteiger partial charge in [-0.3, -0.25) is 0 Å². The molecule has 1 heterocycles. The molecule has 0 aromatic carbocycles. The van der Waals surface area contributed by atoms with Gasteiger partial charge in [-0.05, 0) is 19.2 Å². The van der Waals surface area contributed by atoms with Crippen LogP contribution in [0.1, 0.15) is 11.4 Å². The molecule has 0 saturated carbocycles. The first kappa shape index (κ1) is 10.8. The fourth-order valence-electron chi connectivity index (χ4n) is 0.970. The lowest BCUT2D eigenvalue weighted by Gasteiger charge is -2.03. The van der Waals surface area contributed by atoms with Crippen LogP contribution in [0.5, 0.6) is 0 Å². The Morgan fingerprint density at radius 3 is 3.00 bits per heavy atom. The molecule has 1 aromatic rings. The van der Waals surface area contributed by atoms with E-state index >= 15 is 0 Å². The highest BCUT2D eigenvalue weighted by Gasteiger charge is 1.99. The van der Waals surface area contributed by atoms with Crippen LogP contribution in [-0.4, -0.2) is 28.5 Å². The van der Waals surface area contributed by atoms with Gasteiger partial charge in [0.1, 0.15) is 11.8 Å².